The minimum absolute atomic E-state index is 0.0389. The Balaban J connectivity index is 2.05. The third kappa shape index (κ3) is 2.15. The van der Waals surface area contributed by atoms with Gasteiger partial charge in [-0.2, -0.15) is 0 Å². The number of aryl methyl sites for hydroxylation is 1. The molecule has 0 bridgehead atoms. The molecule has 2 aromatic rings. The van der Waals surface area contributed by atoms with Gasteiger partial charge in [0.15, 0.2) is 5.78 Å². The van der Waals surface area contributed by atoms with Crippen molar-refractivity contribution < 1.29 is 9.72 Å². The van der Waals surface area contributed by atoms with Crippen LogP contribution in [-0.4, -0.2) is 15.7 Å². The highest BCUT2D eigenvalue weighted by Crippen LogP contribution is 2.33. The van der Waals surface area contributed by atoms with Gasteiger partial charge in [-0.1, -0.05) is 12.1 Å². The molecule has 96 valence electrons. The zero-order valence-electron chi connectivity index (χ0n) is 9.96. The predicted octanol–water partition coefficient (Wildman–Crippen LogP) is 3.24. The first kappa shape index (κ1) is 12.0. The number of carbonyl (C=O) groups excluding carboxylic acids is 1. The van der Waals surface area contributed by atoms with Gasteiger partial charge in [-0.15, -0.1) is 11.3 Å². The topological polar surface area (TPSA) is 73.1 Å². The van der Waals surface area contributed by atoms with E-state index < -0.39 is 4.92 Å². The minimum Gasteiger partial charge on any atom is -0.293 e. The molecular formula is C13H10N2O3S. The number of nitrogens with zero attached hydrogens (tertiary/aromatic N) is 2. The molecular weight excluding hydrogens is 264 g/mol. The fourth-order valence-corrected chi connectivity index (χ4v) is 3.22. The number of carbonyl (C=O) groups is 1. The number of Topliss-reactive ketones (excluding diaryl/α,β-unsaturated/α-hetero) is 1. The van der Waals surface area contributed by atoms with Crippen molar-refractivity contribution in [2.24, 2.45) is 0 Å². The van der Waals surface area contributed by atoms with Crippen LogP contribution >= 0.6 is 11.3 Å². The van der Waals surface area contributed by atoms with E-state index in [0.717, 1.165) is 18.5 Å². The van der Waals surface area contributed by atoms with Gasteiger partial charge in [0.2, 0.25) is 0 Å². The average molecular weight is 274 g/mol. The summed E-state index contributed by atoms with van der Waals surface area (Å²) < 4.78 is 0. The molecule has 0 atom stereocenters. The summed E-state index contributed by atoms with van der Waals surface area (Å²) in [6.07, 6.45) is 2.22. The summed E-state index contributed by atoms with van der Waals surface area (Å²) in [4.78, 5) is 27.3. The molecule has 1 aromatic carbocycles. The molecule has 19 heavy (non-hydrogen) atoms. The van der Waals surface area contributed by atoms with Crippen molar-refractivity contribution in [1.82, 2.24) is 4.98 Å². The van der Waals surface area contributed by atoms with Crippen LogP contribution in [-0.2, 0) is 6.42 Å². The lowest BCUT2D eigenvalue weighted by Gasteiger charge is -2.06. The lowest BCUT2D eigenvalue weighted by Crippen LogP contribution is -2.07. The number of benzene rings is 1. The normalized spacial score (nSPS) is 14.2. The van der Waals surface area contributed by atoms with Crippen LogP contribution in [0.3, 0.4) is 0 Å². The fraction of sp³-hybridized carbons (Fsp3) is 0.231. The monoisotopic (exact) mass is 274 g/mol. The molecule has 0 aliphatic heterocycles. The molecule has 1 heterocycles. The van der Waals surface area contributed by atoms with Crippen molar-refractivity contribution in [2.75, 3.05) is 0 Å². The third-order valence-electron chi connectivity index (χ3n) is 3.07. The zero-order valence-corrected chi connectivity index (χ0v) is 10.8. The number of rotatable bonds is 2. The number of thiazole rings is 1. The van der Waals surface area contributed by atoms with E-state index in [2.05, 4.69) is 4.98 Å². The Bertz CT molecular complexity index is 678. The van der Waals surface area contributed by atoms with Crippen LogP contribution in [0.25, 0.3) is 10.6 Å². The molecule has 1 aromatic heterocycles. The molecule has 1 aliphatic carbocycles. The highest BCUT2D eigenvalue weighted by Gasteiger charge is 2.23. The Morgan fingerprint density at radius 1 is 1.32 bits per heavy atom. The Morgan fingerprint density at radius 3 is 2.89 bits per heavy atom. The van der Waals surface area contributed by atoms with E-state index in [1.54, 1.807) is 12.1 Å². The Labute approximate surface area is 113 Å². The van der Waals surface area contributed by atoms with Crippen LogP contribution in [0, 0.1) is 10.1 Å². The van der Waals surface area contributed by atoms with Gasteiger partial charge in [-0.05, 0) is 12.8 Å². The van der Waals surface area contributed by atoms with E-state index in [9.17, 15) is 14.9 Å². The predicted molar refractivity (Wildman–Crippen MR) is 71.5 cm³/mol. The van der Waals surface area contributed by atoms with Crippen molar-refractivity contribution in [3.63, 3.8) is 0 Å². The van der Waals surface area contributed by atoms with E-state index in [-0.39, 0.29) is 11.5 Å². The molecule has 0 saturated heterocycles. The second-order valence-corrected chi connectivity index (χ2v) is 5.38. The van der Waals surface area contributed by atoms with Crippen molar-refractivity contribution in [3.8, 4) is 10.6 Å². The van der Waals surface area contributed by atoms with Crippen molar-refractivity contribution >= 4 is 22.8 Å². The molecule has 3 rings (SSSR count). The van der Waals surface area contributed by atoms with Gasteiger partial charge in [-0.3, -0.25) is 14.9 Å². The number of ketones is 1. The van der Waals surface area contributed by atoms with E-state index in [1.807, 2.05) is 0 Å². The first-order valence-corrected chi connectivity index (χ1v) is 6.74. The summed E-state index contributed by atoms with van der Waals surface area (Å²) in [7, 11) is 0. The lowest BCUT2D eigenvalue weighted by atomic mass is 10.0. The van der Waals surface area contributed by atoms with Crippen LogP contribution in [0.4, 0.5) is 5.69 Å². The van der Waals surface area contributed by atoms with Gasteiger partial charge >= 0.3 is 0 Å². The first-order chi connectivity index (χ1) is 9.15. The summed E-state index contributed by atoms with van der Waals surface area (Å²) in [5, 5.41) is 11.4. The number of non-ortho nitro benzene ring substituents is 1. The van der Waals surface area contributed by atoms with Crippen LogP contribution in [0.5, 0.6) is 0 Å². The van der Waals surface area contributed by atoms with Gasteiger partial charge in [0.25, 0.3) is 5.69 Å². The van der Waals surface area contributed by atoms with Crippen LogP contribution in [0.15, 0.2) is 24.3 Å². The van der Waals surface area contributed by atoms with Crippen molar-refractivity contribution in [2.45, 2.75) is 19.3 Å². The molecule has 0 radical (unpaired) electrons. The van der Waals surface area contributed by atoms with Crippen LogP contribution in [0.1, 0.15) is 28.2 Å². The van der Waals surface area contributed by atoms with Gasteiger partial charge < -0.3 is 0 Å². The van der Waals surface area contributed by atoms with Gasteiger partial charge in [0.1, 0.15) is 5.01 Å². The number of hydrogen-bond acceptors (Lipinski definition) is 5. The van der Waals surface area contributed by atoms with Crippen LogP contribution in [0.2, 0.25) is 0 Å². The number of aromatic nitrogens is 1. The fourth-order valence-electron chi connectivity index (χ4n) is 2.14. The summed E-state index contributed by atoms with van der Waals surface area (Å²) in [5.41, 5.74) is 1.57. The quantitative estimate of drug-likeness (QED) is 0.622. The first-order valence-electron chi connectivity index (χ1n) is 5.93. The van der Waals surface area contributed by atoms with Gasteiger partial charge in [-0.25, -0.2) is 4.98 Å². The maximum absolute atomic E-state index is 11.8. The van der Waals surface area contributed by atoms with E-state index in [0.29, 0.717) is 21.9 Å². The largest absolute Gasteiger partial charge is 0.293 e. The van der Waals surface area contributed by atoms with Crippen molar-refractivity contribution in [3.05, 3.63) is 45.0 Å². The number of nitro groups is 1. The summed E-state index contributed by atoms with van der Waals surface area (Å²) in [6, 6.07) is 6.36. The van der Waals surface area contributed by atoms with E-state index in [1.165, 1.54) is 23.5 Å². The van der Waals surface area contributed by atoms with Gasteiger partial charge in [0.05, 0.1) is 15.5 Å². The molecule has 0 amide bonds. The van der Waals surface area contributed by atoms with E-state index in [4.69, 9.17) is 0 Å². The Kier molecular flexibility index (Phi) is 2.87. The summed E-state index contributed by atoms with van der Waals surface area (Å²) in [5.74, 6) is 0.135. The zero-order chi connectivity index (χ0) is 13.4. The maximum atomic E-state index is 11.8. The third-order valence-corrected chi connectivity index (χ3v) is 4.26. The molecule has 0 spiro atoms. The molecule has 1 aliphatic rings. The Hall–Kier alpha value is -2.08. The van der Waals surface area contributed by atoms with Crippen molar-refractivity contribution in [1.29, 1.82) is 0 Å². The van der Waals surface area contributed by atoms with Gasteiger partial charge in [0, 0.05) is 24.1 Å². The number of hydrogen-bond donors (Lipinski definition) is 0. The summed E-state index contributed by atoms with van der Waals surface area (Å²) in [6.45, 7) is 0. The molecule has 5 nitrogen and oxygen atoms in total. The second kappa shape index (κ2) is 4.55. The standard InChI is InChI=1S/C13H10N2O3S/c16-11-6-2-5-10-12(11)19-13(14-10)8-3-1-4-9(7-8)15(17)18/h1,3-4,7H,2,5-6H2. The molecule has 0 saturated carbocycles. The van der Waals surface area contributed by atoms with E-state index >= 15 is 0 Å². The lowest BCUT2D eigenvalue weighted by molar-refractivity contribution is -0.384. The van der Waals surface area contributed by atoms with Crippen LogP contribution < -0.4 is 0 Å². The molecule has 6 heteroatoms. The molecule has 0 unspecified atom stereocenters. The number of fused-ring (bicyclic) bond motifs is 1. The SMILES string of the molecule is O=C1CCCc2nc(-c3cccc([N+](=O)[O-])c3)sc21. The Morgan fingerprint density at radius 2 is 2.16 bits per heavy atom. The highest BCUT2D eigenvalue weighted by atomic mass is 32.1. The average Bonchev–Trinajstić information content (AvgIpc) is 2.84. The number of nitro benzene ring substituents is 1. The minimum atomic E-state index is -0.428. The second-order valence-electron chi connectivity index (χ2n) is 4.38. The summed E-state index contributed by atoms with van der Waals surface area (Å²) >= 11 is 1.33. The molecule has 0 N–H and O–H groups in total. The smallest absolute Gasteiger partial charge is 0.270 e. The maximum Gasteiger partial charge on any atom is 0.270 e. The highest BCUT2D eigenvalue weighted by molar-refractivity contribution is 7.17. The molecule has 0 fully saturated rings.